The Labute approximate surface area is 221 Å². The topological polar surface area (TPSA) is 141 Å². The number of nitrogens with one attached hydrogen (secondary N) is 3. The lowest BCUT2D eigenvalue weighted by molar-refractivity contribution is -0.132. The van der Waals surface area contributed by atoms with Gasteiger partial charge >= 0.3 is 0 Å². The lowest BCUT2D eigenvalue weighted by atomic mass is 9.99. The Morgan fingerprint density at radius 1 is 1.26 bits per heavy atom. The number of thioether (sulfide) groups is 1. The predicted molar refractivity (Wildman–Crippen MR) is 138 cm³/mol. The van der Waals surface area contributed by atoms with Crippen molar-refractivity contribution in [3.05, 3.63) is 35.8 Å². The number of nitrogens with zero attached hydrogens (tertiary/aromatic N) is 3. The van der Waals surface area contributed by atoms with Gasteiger partial charge in [-0.1, -0.05) is 5.92 Å². The number of ether oxygens (including phenoxy) is 2. The summed E-state index contributed by atoms with van der Waals surface area (Å²) in [6, 6.07) is 2.53. The minimum atomic E-state index is -2.88. The van der Waals surface area contributed by atoms with E-state index in [1.54, 1.807) is 6.92 Å². The Morgan fingerprint density at radius 2 is 2.03 bits per heavy atom. The quantitative estimate of drug-likeness (QED) is 0.298. The number of aromatic nitrogens is 2. The van der Waals surface area contributed by atoms with Gasteiger partial charge in [-0.25, -0.2) is 13.8 Å². The van der Waals surface area contributed by atoms with E-state index >= 15 is 0 Å². The molecule has 38 heavy (non-hydrogen) atoms. The molecule has 1 atom stereocenters. The fourth-order valence-corrected chi connectivity index (χ4v) is 4.07. The number of pyridine rings is 2. The molecule has 2 aromatic rings. The number of methoxy groups -OCH3 is 1. The number of anilines is 1. The Morgan fingerprint density at radius 3 is 2.71 bits per heavy atom. The third kappa shape index (κ3) is 6.32. The number of halogens is 2. The lowest BCUT2D eigenvalue weighted by Crippen LogP contribution is -2.47. The summed E-state index contributed by atoms with van der Waals surface area (Å²) < 4.78 is 37.7. The van der Waals surface area contributed by atoms with E-state index in [0.717, 1.165) is 25.1 Å². The molecule has 2 fully saturated rings. The highest BCUT2D eigenvalue weighted by Gasteiger charge is 2.30. The Bertz CT molecular complexity index is 1360. The molecule has 2 aromatic heterocycles. The largest absolute Gasteiger partial charge is 0.494 e. The molecule has 0 unspecified atom stereocenters. The number of hydrogen-bond donors (Lipinski definition) is 3. The van der Waals surface area contributed by atoms with Crippen LogP contribution in [0.1, 0.15) is 42.2 Å². The van der Waals surface area contributed by atoms with Crippen LogP contribution in [0.3, 0.4) is 0 Å². The van der Waals surface area contributed by atoms with Crippen molar-refractivity contribution in [2.45, 2.75) is 32.3 Å². The van der Waals surface area contributed by atoms with Gasteiger partial charge in [-0.15, -0.1) is 0 Å². The maximum absolute atomic E-state index is 13.5. The SMILES string of the molecule is COc1cnc(C(F)F)cc1-c1cc(N2CCO[C@@H](C)C2=O)ncc1C(=O)NC(=N)SC(=N)C#CC1CC1. The molecule has 13 heteroatoms. The van der Waals surface area contributed by atoms with Crippen LogP contribution in [0.15, 0.2) is 24.5 Å². The summed E-state index contributed by atoms with van der Waals surface area (Å²) in [7, 11) is 1.33. The number of carbonyl (C=O) groups is 2. The first kappa shape index (κ1) is 27.2. The van der Waals surface area contributed by atoms with E-state index in [0.29, 0.717) is 11.8 Å². The van der Waals surface area contributed by atoms with Gasteiger partial charge in [0.2, 0.25) is 0 Å². The smallest absolute Gasteiger partial charge is 0.280 e. The second kappa shape index (κ2) is 11.7. The van der Waals surface area contributed by atoms with Gasteiger partial charge in [-0.2, -0.15) is 0 Å². The first-order valence-electron chi connectivity index (χ1n) is 11.6. The molecule has 1 aliphatic carbocycles. The van der Waals surface area contributed by atoms with Crippen LogP contribution in [-0.2, 0) is 9.53 Å². The second-order valence-corrected chi connectivity index (χ2v) is 9.48. The molecule has 1 saturated carbocycles. The highest BCUT2D eigenvalue weighted by atomic mass is 32.2. The maximum Gasteiger partial charge on any atom is 0.280 e. The van der Waals surface area contributed by atoms with Crippen LogP contribution in [0.5, 0.6) is 5.75 Å². The molecule has 198 valence electrons. The first-order valence-corrected chi connectivity index (χ1v) is 12.4. The van der Waals surface area contributed by atoms with Crippen molar-refractivity contribution in [1.29, 1.82) is 10.8 Å². The van der Waals surface area contributed by atoms with E-state index < -0.39 is 24.1 Å². The van der Waals surface area contributed by atoms with Crippen LogP contribution < -0.4 is 15.0 Å². The summed E-state index contributed by atoms with van der Waals surface area (Å²) in [4.78, 5) is 35.3. The van der Waals surface area contributed by atoms with Crippen LogP contribution in [0.4, 0.5) is 14.6 Å². The normalized spacial score (nSPS) is 17.0. The van der Waals surface area contributed by atoms with Crippen molar-refractivity contribution < 1.29 is 27.8 Å². The summed E-state index contributed by atoms with van der Waals surface area (Å²) in [5.74, 6) is 5.05. The number of hydrogen-bond acceptors (Lipinski definition) is 9. The minimum absolute atomic E-state index is 0.0619. The molecule has 0 radical (unpaired) electrons. The van der Waals surface area contributed by atoms with E-state index in [1.165, 1.54) is 24.3 Å². The molecule has 2 amide bonds. The summed E-state index contributed by atoms with van der Waals surface area (Å²) in [5, 5.41) is 18.0. The van der Waals surface area contributed by atoms with Gasteiger partial charge in [0.15, 0.2) is 5.17 Å². The number of morpholine rings is 1. The Balaban J connectivity index is 1.70. The molecular formula is C25H24F2N6O4S. The van der Waals surface area contributed by atoms with Crippen molar-refractivity contribution in [2.24, 2.45) is 5.92 Å². The molecule has 10 nitrogen and oxygen atoms in total. The number of amides is 2. The van der Waals surface area contributed by atoms with Crippen molar-refractivity contribution in [3.8, 4) is 28.7 Å². The summed E-state index contributed by atoms with van der Waals surface area (Å²) in [5.41, 5.74) is -0.328. The fourth-order valence-electron chi connectivity index (χ4n) is 3.62. The Kier molecular flexibility index (Phi) is 8.33. The van der Waals surface area contributed by atoms with Crippen molar-refractivity contribution in [1.82, 2.24) is 15.3 Å². The standard InChI is InChI=1S/C25H24F2N6O4S/c1-13-24(35)33(7-8-37-13)21-10-15(16-9-18(22(26)27)30-12-19(16)36-2)17(11-31-21)23(34)32-25(29)38-20(28)6-5-14-3-4-14/h9-14,22,28H,3-4,7-8H2,1-2H3,(H2,29,32,34)/t13-/m0/s1. The van der Waals surface area contributed by atoms with Gasteiger partial charge in [0, 0.05) is 23.2 Å². The predicted octanol–water partition coefficient (Wildman–Crippen LogP) is 3.63. The van der Waals surface area contributed by atoms with Crippen LogP contribution in [0.2, 0.25) is 0 Å². The molecule has 4 rings (SSSR count). The third-order valence-corrected chi connectivity index (χ3v) is 6.34. The van der Waals surface area contributed by atoms with E-state index in [9.17, 15) is 18.4 Å². The molecule has 3 heterocycles. The zero-order valence-corrected chi connectivity index (χ0v) is 21.3. The summed E-state index contributed by atoms with van der Waals surface area (Å²) in [6.07, 6.45) is 0.724. The second-order valence-electron chi connectivity index (χ2n) is 8.46. The highest BCUT2D eigenvalue weighted by molar-refractivity contribution is 8.26. The van der Waals surface area contributed by atoms with Gasteiger partial charge in [0.25, 0.3) is 18.2 Å². The highest BCUT2D eigenvalue weighted by Crippen LogP contribution is 2.36. The zero-order valence-electron chi connectivity index (χ0n) is 20.5. The van der Waals surface area contributed by atoms with Crippen molar-refractivity contribution in [2.75, 3.05) is 25.2 Å². The van der Waals surface area contributed by atoms with Crippen LogP contribution in [-0.4, -0.2) is 58.4 Å². The van der Waals surface area contributed by atoms with Crippen LogP contribution >= 0.6 is 11.8 Å². The van der Waals surface area contributed by atoms with Gasteiger partial charge in [0.1, 0.15) is 28.4 Å². The molecule has 3 N–H and O–H groups in total. The lowest BCUT2D eigenvalue weighted by Gasteiger charge is -2.30. The van der Waals surface area contributed by atoms with E-state index in [-0.39, 0.29) is 63.4 Å². The number of amidine groups is 1. The number of alkyl halides is 2. The Hall–Kier alpha value is -3.89. The number of carbonyl (C=O) groups excluding carboxylic acids is 2. The summed E-state index contributed by atoms with van der Waals surface area (Å²) in [6.45, 7) is 2.08. The van der Waals surface area contributed by atoms with Gasteiger partial charge in [0.05, 0.1) is 32.0 Å². The minimum Gasteiger partial charge on any atom is -0.494 e. The average Bonchev–Trinajstić information content (AvgIpc) is 3.73. The van der Waals surface area contributed by atoms with E-state index in [2.05, 4.69) is 27.1 Å². The molecule has 0 bridgehead atoms. The van der Waals surface area contributed by atoms with E-state index in [4.69, 9.17) is 20.3 Å². The maximum atomic E-state index is 13.5. The molecule has 0 aromatic carbocycles. The van der Waals surface area contributed by atoms with Gasteiger partial charge in [-0.05, 0) is 49.6 Å². The van der Waals surface area contributed by atoms with Gasteiger partial charge in [-0.3, -0.25) is 30.3 Å². The molecule has 1 aliphatic heterocycles. The zero-order chi connectivity index (χ0) is 27.4. The average molecular weight is 543 g/mol. The van der Waals surface area contributed by atoms with Crippen molar-refractivity contribution >= 4 is 39.6 Å². The summed E-state index contributed by atoms with van der Waals surface area (Å²) >= 11 is 0.674. The van der Waals surface area contributed by atoms with Crippen LogP contribution in [0.25, 0.3) is 11.1 Å². The fraction of sp³-hybridized carbons (Fsp3) is 0.360. The molecule has 2 aliphatic rings. The monoisotopic (exact) mass is 542 g/mol. The molecule has 1 saturated heterocycles. The van der Waals surface area contributed by atoms with Crippen LogP contribution in [0, 0.1) is 28.6 Å². The van der Waals surface area contributed by atoms with Gasteiger partial charge < -0.3 is 14.8 Å². The third-order valence-electron chi connectivity index (χ3n) is 5.73. The molecular weight excluding hydrogens is 518 g/mol. The molecule has 0 spiro atoms. The van der Waals surface area contributed by atoms with E-state index in [1.807, 2.05) is 0 Å². The number of rotatable bonds is 5. The first-order chi connectivity index (χ1) is 18.2. The van der Waals surface area contributed by atoms with Crippen molar-refractivity contribution in [3.63, 3.8) is 0 Å².